The van der Waals surface area contributed by atoms with Crippen molar-refractivity contribution < 1.29 is 4.79 Å². The lowest BCUT2D eigenvalue weighted by Crippen LogP contribution is -2.29. The summed E-state index contributed by atoms with van der Waals surface area (Å²) < 4.78 is 1.89. The van der Waals surface area contributed by atoms with Crippen LogP contribution in [0.1, 0.15) is 56.4 Å². The van der Waals surface area contributed by atoms with Crippen LogP contribution < -0.4 is 5.32 Å². The lowest BCUT2D eigenvalue weighted by atomic mass is 10.0. The second kappa shape index (κ2) is 8.52. The second-order valence-electron chi connectivity index (χ2n) is 7.21. The molecule has 0 radical (unpaired) electrons. The topological polar surface area (TPSA) is 46.9 Å². The van der Waals surface area contributed by atoms with E-state index in [1.54, 1.807) is 0 Å². The Balaban J connectivity index is 2.50. The highest BCUT2D eigenvalue weighted by molar-refractivity contribution is 6.30. The molecule has 0 saturated heterocycles. The first-order chi connectivity index (χ1) is 11.8. The molecular formula is C20H28ClN3O. The van der Waals surface area contributed by atoms with Crippen molar-refractivity contribution in [3.63, 3.8) is 0 Å². The van der Waals surface area contributed by atoms with Gasteiger partial charge in [-0.25, -0.2) is 4.68 Å². The number of aromatic nitrogens is 2. The molecule has 2 rings (SSSR count). The van der Waals surface area contributed by atoms with Crippen LogP contribution in [0.25, 0.3) is 5.69 Å². The van der Waals surface area contributed by atoms with Gasteiger partial charge >= 0.3 is 0 Å². The van der Waals surface area contributed by atoms with Crippen molar-refractivity contribution in [2.45, 2.75) is 47.5 Å². The van der Waals surface area contributed by atoms with Crippen LogP contribution in [0.15, 0.2) is 24.3 Å². The molecule has 0 saturated carbocycles. The van der Waals surface area contributed by atoms with Crippen molar-refractivity contribution in [2.24, 2.45) is 11.8 Å². The third kappa shape index (κ3) is 4.85. The minimum Gasteiger partial charge on any atom is -0.352 e. The van der Waals surface area contributed by atoms with Gasteiger partial charge in [0, 0.05) is 11.6 Å². The monoisotopic (exact) mass is 361 g/mol. The van der Waals surface area contributed by atoms with E-state index in [1.165, 1.54) is 0 Å². The molecule has 1 heterocycles. The Hall–Kier alpha value is -1.81. The number of halogens is 1. The Bertz CT molecular complexity index is 717. The summed E-state index contributed by atoms with van der Waals surface area (Å²) >= 11 is 6.01. The molecule has 4 nitrogen and oxygen atoms in total. The first kappa shape index (κ1) is 19.5. The molecule has 0 fully saturated rings. The van der Waals surface area contributed by atoms with Gasteiger partial charge in [0.2, 0.25) is 0 Å². The minimum absolute atomic E-state index is 0.0265. The first-order valence-electron chi connectivity index (χ1n) is 8.98. The maximum atomic E-state index is 12.8. The second-order valence-corrected chi connectivity index (χ2v) is 7.65. The fraction of sp³-hybridized carbons (Fsp3) is 0.500. The summed E-state index contributed by atoms with van der Waals surface area (Å²) in [6.45, 7) is 11.2. The number of hydrogen-bond acceptors (Lipinski definition) is 2. The van der Waals surface area contributed by atoms with Crippen LogP contribution in [0.5, 0.6) is 0 Å². The fourth-order valence-corrected chi connectivity index (χ4v) is 2.93. The van der Waals surface area contributed by atoms with E-state index in [0.717, 1.165) is 35.5 Å². The van der Waals surface area contributed by atoms with Crippen molar-refractivity contribution in [1.82, 2.24) is 15.1 Å². The standard InChI is InChI=1S/C20H28ClN3O/c1-6-18-19(20(25)22-12-14(4)5)17(11-13(2)3)23-24(18)16-9-7-15(21)8-10-16/h7-10,13-14H,6,11-12H2,1-5H3,(H,22,25). The van der Waals surface area contributed by atoms with Gasteiger partial charge in [0.15, 0.2) is 0 Å². The Morgan fingerprint density at radius 1 is 1.16 bits per heavy atom. The van der Waals surface area contributed by atoms with E-state index in [1.807, 2.05) is 28.9 Å². The lowest BCUT2D eigenvalue weighted by Gasteiger charge is -2.11. The molecule has 25 heavy (non-hydrogen) atoms. The summed E-state index contributed by atoms with van der Waals surface area (Å²) in [5, 5.41) is 8.52. The normalized spacial score (nSPS) is 11.4. The highest BCUT2D eigenvalue weighted by Gasteiger charge is 2.24. The molecule has 5 heteroatoms. The number of amides is 1. The van der Waals surface area contributed by atoms with Gasteiger partial charge in [-0.1, -0.05) is 46.2 Å². The SMILES string of the molecule is CCc1c(C(=O)NCC(C)C)c(CC(C)C)nn1-c1ccc(Cl)cc1. The molecule has 0 unspecified atom stereocenters. The van der Waals surface area contributed by atoms with E-state index >= 15 is 0 Å². The van der Waals surface area contributed by atoms with Crippen LogP contribution >= 0.6 is 11.6 Å². The molecule has 0 bridgehead atoms. The predicted molar refractivity (Wildman–Crippen MR) is 104 cm³/mol. The van der Waals surface area contributed by atoms with Gasteiger partial charge in [0.05, 0.1) is 22.6 Å². The first-order valence-corrected chi connectivity index (χ1v) is 9.36. The van der Waals surface area contributed by atoms with Crippen molar-refractivity contribution in [3.8, 4) is 5.69 Å². The van der Waals surface area contributed by atoms with Gasteiger partial charge in [-0.2, -0.15) is 5.10 Å². The Morgan fingerprint density at radius 3 is 2.32 bits per heavy atom. The maximum Gasteiger partial charge on any atom is 0.255 e. The molecule has 1 aromatic heterocycles. The summed E-state index contributed by atoms with van der Waals surface area (Å²) in [6.07, 6.45) is 1.51. The Morgan fingerprint density at radius 2 is 1.80 bits per heavy atom. The molecule has 1 aromatic carbocycles. The van der Waals surface area contributed by atoms with Gasteiger partial charge in [0.1, 0.15) is 0 Å². The van der Waals surface area contributed by atoms with Crippen LogP contribution in [-0.2, 0) is 12.8 Å². The average Bonchev–Trinajstić information content (AvgIpc) is 2.90. The third-order valence-electron chi connectivity index (χ3n) is 3.96. The van der Waals surface area contributed by atoms with E-state index in [2.05, 4.69) is 39.9 Å². The summed E-state index contributed by atoms with van der Waals surface area (Å²) in [5.41, 5.74) is 3.46. The molecule has 0 aliphatic rings. The van der Waals surface area contributed by atoms with Crippen LogP contribution in [-0.4, -0.2) is 22.2 Å². The van der Waals surface area contributed by atoms with Crippen molar-refractivity contribution >= 4 is 17.5 Å². The molecule has 0 spiro atoms. The lowest BCUT2D eigenvalue weighted by molar-refractivity contribution is 0.0947. The smallest absolute Gasteiger partial charge is 0.255 e. The van der Waals surface area contributed by atoms with Gasteiger partial charge in [-0.15, -0.1) is 0 Å². The summed E-state index contributed by atoms with van der Waals surface area (Å²) in [6, 6.07) is 7.56. The maximum absolute atomic E-state index is 12.8. The largest absolute Gasteiger partial charge is 0.352 e. The number of rotatable bonds is 7. The molecule has 1 N–H and O–H groups in total. The zero-order chi connectivity index (χ0) is 18.6. The third-order valence-corrected chi connectivity index (χ3v) is 4.21. The molecule has 0 aliphatic carbocycles. The molecule has 136 valence electrons. The minimum atomic E-state index is -0.0265. The van der Waals surface area contributed by atoms with E-state index in [-0.39, 0.29) is 5.91 Å². The zero-order valence-electron chi connectivity index (χ0n) is 15.8. The van der Waals surface area contributed by atoms with Crippen molar-refractivity contribution in [1.29, 1.82) is 0 Å². The molecular weight excluding hydrogens is 334 g/mol. The van der Waals surface area contributed by atoms with Gasteiger partial charge in [-0.3, -0.25) is 4.79 Å². The summed E-state index contributed by atoms with van der Waals surface area (Å²) in [4.78, 5) is 12.8. The van der Waals surface area contributed by atoms with Gasteiger partial charge < -0.3 is 5.32 Å². The van der Waals surface area contributed by atoms with Crippen molar-refractivity contribution in [3.05, 3.63) is 46.2 Å². The highest BCUT2D eigenvalue weighted by atomic mass is 35.5. The Kier molecular flexibility index (Phi) is 6.65. The number of nitrogens with zero attached hydrogens (tertiary/aromatic N) is 2. The number of carbonyl (C=O) groups is 1. The van der Waals surface area contributed by atoms with Gasteiger partial charge in [0.25, 0.3) is 5.91 Å². The molecule has 0 atom stereocenters. The van der Waals surface area contributed by atoms with Crippen molar-refractivity contribution in [2.75, 3.05) is 6.54 Å². The molecule has 2 aromatic rings. The quantitative estimate of drug-likeness (QED) is 0.778. The number of benzene rings is 1. The molecule has 0 aliphatic heterocycles. The van der Waals surface area contributed by atoms with Crippen LogP contribution in [0, 0.1) is 11.8 Å². The predicted octanol–water partition coefficient (Wildman–Crippen LogP) is 4.67. The van der Waals surface area contributed by atoms with E-state index in [4.69, 9.17) is 16.7 Å². The summed E-state index contributed by atoms with van der Waals surface area (Å²) in [5.74, 6) is 0.810. The summed E-state index contributed by atoms with van der Waals surface area (Å²) in [7, 11) is 0. The van der Waals surface area contributed by atoms with Crippen LogP contribution in [0.4, 0.5) is 0 Å². The van der Waals surface area contributed by atoms with Crippen LogP contribution in [0.2, 0.25) is 5.02 Å². The van der Waals surface area contributed by atoms with E-state index in [0.29, 0.717) is 23.4 Å². The van der Waals surface area contributed by atoms with E-state index in [9.17, 15) is 4.79 Å². The number of nitrogens with one attached hydrogen (secondary N) is 1. The highest BCUT2D eigenvalue weighted by Crippen LogP contribution is 2.23. The average molecular weight is 362 g/mol. The molecule has 1 amide bonds. The zero-order valence-corrected chi connectivity index (χ0v) is 16.5. The number of hydrogen-bond donors (Lipinski definition) is 1. The fourth-order valence-electron chi connectivity index (χ4n) is 2.80. The van der Waals surface area contributed by atoms with Gasteiger partial charge in [-0.05, 0) is 48.9 Å². The van der Waals surface area contributed by atoms with Crippen LogP contribution in [0.3, 0.4) is 0 Å². The van der Waals surface area contributed by atoms with E-state index < -0.39 is 0 Å². The Labute approximate surface area is 155 Å². The number of carbonyl (C=O) groups excluding carboxylic acids is 1.